The van der Waals surface area contributed by atoms with E-state index in [1.165, 1.54) is 0 Å². The lowest BCUT2D eigenvalue weighted by Gasteiger charge is -2.37. The van der Waals surface area contributed by atoms with Crippen LogP contribution in [0.25, 0.3) is 0 Å². The number of hydrogen-bond acceptors (Lipinski definition) is 2. The molecule has 0 aromatic rings. The van der Waals surface area contributed by atoms with Crippen LogP contribution in [0.5, 0.6) is 0 Å². The van der Waals surface area contributed by atoms with Gasteiger partial charge in [0, 0.05) is 18.2 Å². The quantitative estimate of drug-likeness (QED) is 0.643. The van der Waals surface area contributed by atoms with E-state index in [4.69, 9.17) is 4.74 Å². The Morgan fingerprint density at radius 1 is 1.29 bits per heavy atom. The van der Waals surface area contributed by atoms with Gasteiger partial charge in [0.15, 0.2) is 6.23 Å². The van der Waals surface area contributed by atoms with Crippen molar-refractivity contribution in [3.63, 3.8) is 0 Å². The lowest BCUT2D eigenvalue weighted by molar-refractivity contribution is -0.141. The number of carbonyl (C=O) groups is 1. The van der Waals surface area contributed by atoms with Gasteiger partial charge < -0.3 is 9.64 Å². The fourth-order valence-electron chi connectivity index (χ4n) is 1.77. The fourth-order valence-corrected chi connectivity index (χ4v) is 1.77. The molecule has 3 nitrogen and oxygen atoms in total. The van der Waals surface area contributed by atoms with E-state index < -0.39 is 0 Å². The van der Waals surface area contributed by atoms with Crippen LogP contribution in [0, 0.1) is 0 Å². The van der Waals surface area contributed by atoms with Crippen molar-refractivity contribution in [2.24, 2.45) is 0 Å². The molecular formula is C11H19NO2. The van der Waals surface area contributed by atoms with Gasteiger partial charge in [-0.15, -0.1) is 0 Å². The van der Waals surface area contributed by atoms with Crippen LogP contribution in [0.3, 0.4) is 0 Å². The Hall–Kier alpha value is -0.830. The Balaban J connectivity index is 3.08. The highest BCUT2D eigenvalue weighted by Crippen LogP contribution is 2.31. The van der Waals surface area contributed by atoms with E-state index in [-0.39, 0.29) is 17.7 Å². The van der Waals surface area contributed by atoms with Gasteiger partial charge in [-0.2, -0.15) is 0 Å². The van der Waals surface area contributed by atoms with Crippen LogP contribution in [0.4, 0.5) is 0 Å². The third-order valence-corrected chi connectivity index (χ3v) is 2.68. The zero-order chi connectivity index (χ0) is 11.1. The normalized spacial score (nSPS) is 23.7. The summed E-state index contributed by atoms with van der Waals surface area (Å²) in [5.74, 6) is 0.0850. The molecule has 0 aliphatic carbocycles. The molecule has 0 unspecified atom stereocenters. The molecule has 0 aromatic carbocycles. The van der Waals surface area contributed by atoms with Crippen LogP contribution in [-0.4, -0.2) is 29.7 Å². The molecule has 80 valence electrons. The highest BCUT2D eigenvalue weighted by molar-refractivity contribution is 5.97. The molecule has 1 atom stereocenters. The highest BCUT2D eigenvalue weighted by Gasteiger charge is 2.40. The second-order valence-corrected chi connectivity index (χ2v) is 4.74. The first-order valence-electron chi connectivity index (χ1n) is 4.84. The van der Waals surface area contributed by atoms with Gasteiger partial charge in [-0.1, -0.05) is 0 Å². The zero-order valence-electron chi connectivity index (χ0n) is 9.84. The summed E-state index contributed by atoms with van der Waals surface area (Å²) < 4.78 is 5.35. The molecular weight excluding hydrogens is 178 g/mol. The summed E-state index contributed by atoms with van der Waals surface area (Å²) >= 11 is 0. The van der Waals surface area contributed by atoms with E-state index in [1.807, 2.05) is 34.6 Å². The van der Waals surface area contributed by atoms with Crippen molar-refractivity contribution in [2.75, 3.05) is 7.11 Å². The summed E-state index contributed by atoms with van der Waals surface area (Å²) in [5, 5.41) is 0. The van der Waals surface area contributed by atoms with Gasteiger partial charge in [-0.05, 0) is 40.2 Å². The Labute approximate surface area is 85.7 Å². The number of methoxy groups -OCH3 is 1. The molecule has 0 radical (unpaired) electrons. The second kappa shape index (κ2) is 3.39. The van der Waals surface area contributed by atoms with Gasteiger partial charge in [0.2, 0.25) is 0 Å². The molecule has 0 bridgehead atoms. The number of amides is 1. The Kier molecular flexibility index (Phi) is 2.72. The van der Waals surface area contributed by atoms with E-state index in [1.54, 1.807) is 12.0 Å². The van der Waals surface area contributed by atoms with Crippen LogP contribution in [-0.2, 0) is 9.53 Å². The molecule has 0 saturated heterocycles. The minimum Gasteiger partial charge on any atom is -0.357 e. The van der Waals surface area contributed by atoms with Crippen molar-refractivity contribution in [3.8, 4) is 0 Å². The molecule has 0 fully saturated rings. The third kappa shape index (κ3) is 1.57. The lowest BCUT2D eigenvalue weighted by atomic mass is 10.1. The maximum absolute atomic E-state index is 11.9. The van der Waals surface area contributed by atoms with Gasteiger partial charge in [0.25, 0.3) is 5.91 Å². The van der Waals surface area contributed by atoms with Gasteiger partial charge >= 0.3 is 0 Å². The Morgan fingerprint density at radius 2 is 1.79 bits per heavy atom. The first-order chi connectivity index (χ1) is 6.30. The van der Waals surface area contributed by atoms with Gasteiger partial charge in [-0.3, -0.25) is 4.79 Å². The lowest BCUT2D eigenvalue weighted by Crippen LogP contribution is -2.49. The first-order valence-corrected chi connectivity index (χ1v) is 4.84. The van der Waals surface area contributed by atoms with E-state index >= 15 is 0 Å². The van der Waals surface area contributed by atoms with E-state index in [0.29, 0.717) is 0 Å². The SMILES string of the molecule is CO[C@H]1C(C)=C(C)C(=O)N1C(C)(C)C. The van der Waals surface area contributed by atoms with Crippen LogP contribution in [0.1, 0.15) is 34.6 Å². The minimum atomic E-state index is -0.198. The number of ether oxygens (including phenoxy) is 1. The smallest absolute Gasteiger partial charge is 0.252 e. The largest absolute Gasteiger partial charge is 0.357 e. The van der Waals surface area contributed by atoms with Gasteiger partial charge in [0.1, 0.15) is 0 Å². The fraction of sp³-hybridized carbons (Fsp3) is 0.727. The van der Waals surface area contributed by atoms with Crippen LogP contribution >= 0.6 is 0 Å². The first kappa shape index (κ1) is 11.2. The second-order valence-electron chi connectivity index (χ2n) is 4.74. The summed E-state index contributed by atoms with van der Waals surface area (Å²) in [7, 11) is 1.64. The average molecular weight is 197 g/mol. The predicted octanol–water partition coefficient (Wildman–Crippen LogP) is 1.94. The molecule has 1 amide bonds. The molecule has 1 aliphatic rings. The molecule has 1 rings (SSSR count). The third-order valence-electron chi connectivity index (χ3n) is 2.68. The predicted molar refractivity (Wildman–Crippen MR) is 55.8 cm³/mol. The maximum Gasteiger partial charge on any atom is 0.252 e. The molecule has 0 N–H and O–H groups in total. The van der Waals surface area contributed by atoms with E-state index in [2.05, 4.69) is 0 Å². The van der Waals surface area contributed by atoms with Gasteiger partial charge in [-0.25, -0.2) is 0 Å². The Morgan fingerprint density at radius 3 is 2.07 bits per heavy atom. The molecule has 14 heavy (non-hydrogen) atoms. The molecule has 0 spiro atoms. The van der Waals surface area contributed by atoms with Crippen molar-refractivity contribution >= 4 is 5.91 Å². The number of nitrogens with zero attached hydrogens (tertiary/aromatic N) is 1. The van der Waals surface area contributed by atoms with E-state index in [9.17, 15) is 4.79 Å². The summed E-state index contributed by atoms with van der Waals surface area (Å²) in [4.78, 5) is 13.7. The number of hydrogen-bond donors (Lipinski definition) is 0. The highest BCUT2D eigenvalue weighted by atomic mass is 16.5. The summed E-state index contributed by atoms with van der Waals surface area (Å²) in [5.41, 5.74) is 1.63. The van der Waals surface area contributed by atoms with Crippen LogP contribution in [0.2, 0.25) is 0 Å². The molecule has 1 aliphatic heterocycles. The standard InChI is InChI=1S/C11H19NO2/c1-7-8(2)10(14-6)12(9(7)13)11(3,4)5/h10H,1-6H3/t10-/m0/s1. The van der Waals surface area contributed by atoms with Crippen molar-refractivity contribution in [1.29, 1.82) is 0 Å². The van der Waals surface area contributed by atoms with Gasteiger partial charge in [0.05, 0.1) is 0 Å². The molecule has 1 heterocycles. The van der Waals surface area contributed by atoms with E-state index in [0.717, 1.165) is 11.1 Å². The molecule has 0 saturated carbocycles. The minimum absolute atomic E-state index is 0.0850. The Bertz CT molecular complexity index is 286. The van der Waals surface area contributed by atoms with Crippen molar-refractivity contribution in [1.82, 2.24) is 4.90 Å². The van der Waals surface area contributed by atoms with Crippen molar-refractivity contribution in [3.05, 3.63) is 11.1 Å². The monoisotopic (exact) mass is 197 g/mol. The number of rotatable bonds is 1. The molecule has 0 aromatic heterocycles. The van der Waals surface area contributed by atoms with Crippen LogP contribution < -0.4 is 0 Å². The summed E-state index contributed by atoms with van der Waals surface area (Å²) in [6.45, 7) is 9.86. The zero-order valence-corrected chi connectivity index (χ0v) is 9.84. The summed E-state index contributed by atoms with van der Waals surface area (Å²) in [6.07, 6.45) is -0.192. The summed E-state index contributed by atoms with van der Waals surface area (Å²) in [6, 6.07) is 0. The number of carbonyl (C=O) groups excluding carboxylic acids is 1. The molecule has 3 heteroatoms. The topological polar surface area (TPSA) is 29.5 Å². The maximum atomic E-state index is 11.9. The van der Waals surface area contributed by atoms with Crippen molar-refractivity contribution in [2.45, 2.75) is 46.4 Å². The van der Waals surface area contributed by atoms with Crippen LogP contribution in [0.15, 0.2) is 11.1 Å². The van der Waals surface area contributed by atoms with Crippen molar-refractivity contribution < 1.29 is 9.53 Å². The average Bonchev–Trinajstić information content (AvgIpc) is 2.28.